The highest BCUT2D eigenvalue weighted by Gasteiger charge is 2.31. The quantitative estimate of drug-likeness (QED) is 0.915. The van der Waals surface area contributed by atoms with E-state index in [-0.39, 0.29) is 5.69 Å². The van der Waals surface area contributed by atoms with Crippen LogP contribution in [-0.4, -0.2) is 8.42 Å². The standard InChI is InChI=1S/C13H9ClF3NO2S/c14-10-4-6-11(7-5-10)18-21(19,20)12-3-1-2-9(8-12)13(15,16)17/h1-8,18H. The van der Waals surface area contributed by atoms with Gasteiger partial charge in [-0.3, -0.25) is 4.72 Å². The maximum absolute atomic E-state index is 12.6. The number of benzene rings is 2. The van der Waals surface area contributed by atoms with E-state index >= 15 is 0 Å². The van der Waals surface area contributed by atoms with Crippen molar-refractivity contribution in [3.8, 4) is 0 Å². The second-order valence-electron chi connectivity index (χ2n) is 4.14. The van der Waals surface area contributed by atoms with Crippen LogP contribution in [0.1, 0.15) is 5.56 Å². The topological polar surface area (TPSA) is 46.2 Å². The normalized spacial score (nSPS) is 12.2. The minimum atomic E-state index is -4.61. The molecule has 0 bridgehead atoms. The van der Waals surface area contributed by atoms with Crippen LogP contribution in [-0.2, 0) is 16.2 Å². The molecule has 0 aliphatic rings. The first-order valence-corrected chi connectivity index (χ1v) is 7.50. The third kappa shape index (κ3) is 3.89. The lowest BCUT2D eigenvalue weighted by molar-refractivity contribution is -0.137. The number of nitrogens with one attached hydrogen (secondary N) is 1. The summed E-state index contributed by atoms with van der Waals surface area (Å²) in [5.74, 6) is 0. The SMILES string of the molecule is O=S(=O)(Nc1ccc(Cl)cc1)c1cccc(C(F)(F)F)c1. The first-order chi connectivity index (χ1) is 9.68. The van der Waals surface area contributed by atoms with Crippen LogP contribution in [0.5, 0.6) is 0 Å². The fraction of sp³-hybridized carbons (Fsp3) is 0.0769. The zero-order valence-corrected chi connectivity index (χ0v) is 11.9. The summed E-state index contributed by atoms with van der Waals surface area (Å²) in [6, 6.07) is 9.27. The van der Waals surface area contributed by atoms with E-state index in [0.717, 1.165) is 18.2 Å². The number of sulfonamides is 1. The number of halogens is 4. The van der Waals surface area contributed by atoms with E-state index in [1.165, 1.54) is 24.3 Å². The van der Waals surface area contributed by atoms with Gasteiger partial charge in [0, 0.05) is 10.7 Å². The maximum Gasteiger partial charge on any atom is 0.416 e. The molecule has 0 aliphatic heterocycles. The van der Waals surface area contributed by atoms with E-state index in [2.05, 4.69) is 4.72 Å². The van der Waals surface area contributed by atoms with Gasteiger partial charge in [0.2, 0.25) is 0 Å². The molecule has 0 amide bonds. The molecule has 0 spiro atoms. The zero-order chi connectivity index (χ0) is 15.7. The summed E-state index contributed by atoms with van der Waals surface area (Å²) in [6.07, 6.45) is -4.61. The Kier molecular flexibility index (Phi) is 4.15. The van der Waals surface area contributed by atoms with Gasteiger partial charge in [-0.2, -0.15) is 13.2 Å². The van der Waals surface area contributed by atoms with Gasteiger partial charge in [-0.15, -0.1) is 0 Å². The second-order valence-corrected chi connectivity index (χ2v) is 6.26. The number of anilines is 1. The van der Waals surface area contributed by atoms with E-state index in [1.54, 1.807) is 0 Å². The van der Waals surface area contributed by atoms with Crippen LogP contribution in [0.3, 0.4) is 0 Å². The Balaban J connectivity index is 2.34. The van der Waals surface area contributed by atoms with E-state index in [4.69, 9.17) is 11.6 Å². The molecular weight excluding hydrogens is 327 g/mol. The molecule has 0 saturated carbocycles. The van der Waals surface area contributed by atoms with Crippen LogP contribution in [0.25, 0.3) is 0 Å². The smallest absolute Gasteiger partial charge is 0.280 e. The number of hydrogen-bond acceptors (Lipinski definition) is 2. The van der Waals surface area contributed by atoms with Gasteiger partial charge in [0.05, 0.1) is 10.5 Å². The molecule has 21 heavy (non-hydrogen) atoms. The van der Waals surface area contributed by atoms with E-state index in [1.807, 2.05) is 0 Å². The van der Waals surface area contributed by atoms with Crippen molar-refractivity contribution in [1.29, 1.82) is 0 Å². The van der Waals surface area contributed by atoms with Gasteiger partial charge in [0.15, 0.2) is 0 Å². The summed E-state index contributed by atoms with van der Waals surface area (Å²) < 4.78 is 64.1. The third-order valence-corrected chi connectivity index (χ3v) is 4.20. The molecule has 0 atom stereocenters. The molecule has 8 heteroatoms. The minimum Gasteiger partial charge on any atom is -0.280 e. The molecule has 1 N–H and O–H groups in total. The number of hydrogen-bond donors (Lipinski definition) is 1. The van der Waals surface area contributed by atoms with Crippen molar-refractivity contribution >= 4 is 27.3 Å². The minimum absolute atomic E-state index is 0.205. The molecule has 2 aromatic rings. The molecule has 0 unspecified atom stereocenters. The summed E-state index contributed by atoms with van der Waals surface area (Å²) in [6.45, 7) is 0. The summed E-state index contributed by atoms with van der Waals surface area (Å²) in [4.78, 5) is -0.465. The molecule has 0 heterocycles. The van der Waals surface area contributed by atoms with Crippen LogP contribution in [0.15, 0.2) is 53.4 Å². The highest BCUT2D eigenvalue weighted by molar-refractivity contribution is 7.92. The van der Waals surface area contributed by atoms with Crippen LogP contribution in [0, 0.1) is 0 Å². The van der Waals surface area contributed by atoms with Gasteiger partial charge in [-0.1, -0.05) is 17.7 Å². The monoisotopic (exact) mass is 335 g/mol. The molecule has 0 aromatic heterocycles. The van der Waals surface area contributed by atoms with Crippen molar-refractivity contribution in [2.24, 2.45) is 0 Å². The molecule has 2 aromatic carbocycles. The maximum atomic E-state index is 12.6. The molecule has 0 fully saturated rings. The summed E-state index contributed by atoms with van der Waals surface area (Å²) in [5, 5.41) is 0.414. The summed E-state index contributed by atoms with van der Waals surface area (Å²) in [5.41, 5.74) is -0.821. The van der Waals surface area contributed by atoms with Gasteiger partial charge in [-0.25, -0.2) is 8.42 Å². The van der Waals surface area contributed by atoms with Gasteiger partial charge in [0.1, 0.15) is 0 Å². The Bertz CT molecular complexity index is 743. The van der Waals surface area contributed by atoms with Gasteiger partial charge in [-0.05, 0) is 42.5 Å². The largest absolute Gasteiger partial charge is 0.416 e. The molecule has 0 saturated heterocycles. The Morgan fingerprint density at radius 1 is 1.00 bits per heavy atom. The van der Waals surface area contributed by atoms with Crippen molar-refractivity contribution in [3.05, 3.63) is 59.1 Å². The molecule has 112 valence electrons. The lowest BCUT2D eigenvalue weighted by Gasteiger charge is -2.11. The van der Waals surface area contributed by atoms with Crippen LogP contribution < -0.4 is 4.72 Å². The van der Waals surface area contributed by atoms with E-state index in [0.29, 0.717) is 11.1 Å². The molecule has 0 aliphatic carbocycles. The highest BCUT2D eigenvalue weighted by atomic mass is 35.5. The fourth-order valence-electron chi connectivity index (χ4n) is 1.57. The van der Waals surface area contributed by atoms with Crippen molar-refractivity contribution < 1.29 is 21.6 Å². The van der Waals surface area contributed by atoms with Crippen molar-refractivity contribution in [1.82, 2.24) is 0 Å². The van der Waals surface area contributed by atoms with Crippen LogP contribution in [0.2, 0.25) is 5.02 Å². The Labute approximate surface area is 124 Å². The summed E-state index contributed by atoms with van der Waals surface area (Å²) in [7, 11) is -4.10. The van der Waals surface area contributed by atoms with Gasteiger partial charge in [0.25, 0.3) is 10.0 Å². The zero-order valence-electron chi connectivity index (χ0n) is 10.4. The predicted molar refractivity (Wildman–Crippen MR) is 73.7 cm³/mol. The number of alkyl halides is 3. The predicted octanol–water partition coefficient (Wildman–Crippen LogP) is 4.16. The number of rotatable bonds is 3. The van der Waals surface area contributed by atoms with E-state index in [9.17, 15) is 21.6 Å². The van der Waals surface area contributed by atoms with Crippen LogP contribution >= 0.6 is 11.6 Å². The second kappa shape index (κ2) is 5.57. The molecule has 3 nitrogen and oxygen atoms in total. The Morgan fingerprint density at radius 2 is 1.62 bits per heavy atom. The molecular formula is C13H9ClF3NO2S. The lowest BCUT2D eigenvalue weighted by atomic mass is 10.2. The summed E-state index contributed by atoms with van der Waals surface area (Å²) >= 11 is 5.67. The van der Waals surface area contributed by atoms with Gasteiger partial charge < -0.3 is 0 Å². The first-order valence-electron chi connectivity index (χ1n) is 5.64. The first kappa shape index (κ1) is 15.7. The van der Waals surface area contributed by atoms with E-state index < -0.39 is 26.7 Å². The molecule has 2 rings (SSSR count). The fourth-order valence-corrected chi connectivity index (χ4v) is 2.80. The van der Waals surface area contributed by atoms with Crippen molar-refractivity contribution in [2.45, 2.75) is 11.1 Å². The third-order valence-electron chi connectivity index (χ3n) is 2.57. The average molecular weight is 336 g/mol. The van der Waals surface area contributed by atoms with Crippen molar-refractivity contribution in [3.63, 3.8) is 0 Å². The average Bonchev–Trinajstić information content (AvgIpc) is 2.40. The molecule has 0 radical (unpaired) electrons. The Hall–Kier alpha value is -1.73. The lowest BCUT2D eigenvalue weighted by Crippen LogP contribution is -2.14. The van der Waals surface area contributed by atoms with Crippen LogP contribution in [0.4, 0.5) is 18.9 Å². The van der Waals surface area contributed by atoms with Gasteiger partial charge >= 0.3 is 6.18 Å². The Morgan fingerprint density at radius 3 is 2.19 bits per heavy atom. The van der Waals surface area contributed by atoms with Crippen molar-refractivity contribution in [2.75, 3.05) is 4.72 Å². The highest BCUT2D eigenvalue weighted by Crippen LogP contribution is 2.30.